The first-order valence-corrected chi connectivity index (χ1v) is 5.21. The largest absolute Gasteiger partial charge is 0.285 e. The van der Waals surface area contributed by atoms with Gasteiger partial charge in [0.1, 0.15) is 0 Å². The van der Waals surface area contributed by atoms with Crippen LogP contribution in [0.15, 0.2) is 24.3 Å². The molecule has 82 valence electrons. The summed E-state index contributed by atoms with van der Waals surface area (Å²) in [6.07, 6.45) is 1.99. The molecule has 0 radical (unpaired) electrons. The summed E-state index contributed by atoms with van der Waals surface area (Å²) >= 11 is 0. The zero-order valence-corrected chi connectivity index (χ0v) is 9.58. The normalized spacial score (nSPS) is 10.4. The number of hydrogen-bond acceptors (Lipinski definition) is 2. The zero-order chi connectivity index (χ0) is 11.3. The van der Waals surface area contributed by atoms with Crippen molar-refractivity contribution in [3.63, 3.8) is 0 Å². The number of hydrogen-bond donors (Lipinski definition) is 1. The summed E-state index contributed by atoms with van der Waals surface area (Å²) in [5.74, 6) is -0.0379. The van der Waals surface area contributed by atoms with Gasteiger partial charge in [-0.15, -0.1) is 0 Å². The van der Waals surface area contributed by atoms with Crippen LogP contribution in [0.5, 0.6) is 0 Å². The van der Waals surface area contributed by atoms with Crippen molar-refractivity contribution in [2.45, 2.75) is 19.8 Å². The molecule has 1 amide bonds. The molecule has 0 aromatic heterocycles. The molecule has 0 saturated carbocycles. The van der Waals surface area contributed by atoms with Crippen LogP contribution in [0.2, 0.25) is 0 Å². The van der Waals surface area contributed by atoms with E-state index in [0.29, 0.717) is 0 Å². The van der Waals surface area contributed by atoms with Crippen molar-refractivity contribution in [3.8, 4) is 0 Å². The number of nitrogens with one attached hydrogen (secondary N) is 1. The molecular formula is C12H18N2O. The van der Waals surface area contributed by atoms with E-state index in [0.717, 1.165) is 24.0 Å². The molecule has 0 aliphatic rings. The lowest BCUT2D eigenvalue weighted by molar-refractivity contribution is 0.0856. The predicted octanol–water partition coefficient (Wildman–Crippen LogP) is 1.85. The molecule has 1 aromatic rings. The number of carbonyl (C=O) groups excluding carboxylic acids is 1. The van der Waals surface area contributed by atoms with Crippen LogP contribution < -0.4 is 5.43 Å². The summed E-state index contributed by atoms with van der Waals surface area (Å²) in [5, 5.41) is 1.66. The zero-order valence-electron chi connectivity index (χ0n) is 9.58. The van der Waals surface area contributed by atoms with Gasteiger partial charge in [0.25, 0.3) is 5.91 Å². The minimum Gasteiger partial charge on any atom is -0.285 e. The number of benzene rings is 1. The van der Waals surface area contributed by atoms with E-state index >= 15 is 0 Å². The molecule has 3 nitrogen and oxygen atoms in total. The first-order chi connectivity index (χ1) is 7.15. The highest BCUT2D eigenvalue weighted by atomic mass is 16.2. The number of nitrogens with zero attached hydrogens (tertiary/aromatic N) is 1. The fourth-order valence-corrected chi connectivity index (χ4v) is 1.49. The molecule has 0 fully saturated rings. The Hall–Kier alpha value is -1.35. The van der Waals surface area contributed by atoms with E-state index in [1.54, 1.807) is 19.1 Å². The monoisotopic (exact) mass is 206 g/mol. The van der Waals surface area contributed by atoms with E-state index in [9.17, 15) is 4.79 Å². The molecule has 1 rings (SSSR count). The SMILES string of the molecule is CCCc1ccccc1C(=O)NN(C)C. The third kappa shape index (κ3) is 3.36. The maximum absolute atomic E-state index is 11.8. The Morgan fingerprint density at radius 1 is 1.33 bits per heavy atom. The van der Waals surface area contributed by atoms with Gasteiger partial charge in [-0.1, -0.05) is 31.5 Å². The Morgan fingerprint density at radius 2 is 2.00 bits per heavy atom. The number of carbonyl (C=O) groups is 1. The molecule has 0 saturated heterocycles. The van der Waals surface area contributed by atoms with Crippen molar-refractivity contribution in [2.24, 2.45) is 0 Å². The minimum absolute atomic E-state index is 0.0379. The summed E-state index contributed by atoms with van der Waals surface area (Å²) in [7, 11) is 3.61. The summed E-state index contributed by atoms with van der Waals surface area (Å²) in [6, 6.07) is 7.74. The fourth-order valence-electron chi connectivity index (χ4n) is 1.49. The molecule has 0 spiro atoms. The Kier molecular flexibility index (Phi) is 4.31. The molecule has 0 bridgehead atoms. The predicted molar refractivity (Wildman–Crippen MR) is 61.6 cm³/mol. The second kappa shape index (κ2) is 5.51. The van der Waals surface area contributed by atoms with Crippen LogP contribution in [0.1, 0.15) is 29.3 Å². The van der Waals surface area contributed by atoms with Crippen molar-refractivity contribution >= 4 is 5.91 Å². The van der Waals surface area contributed by atoms with Crippen LogP contribution >= 0.6 is 0 Å². The smallest absolute Gasteiger partial charge is 0.265 e. The van der Waals surface area contributed by atoms with Crippen LogP contribution in [0.4, 0.5) is 0 Å². The third-order valence-corrected chi connectivity index (χ3v) is 2.11. The van der Waals surface area contributed by atoms with Gasteiger partial charge in [-0.2, -0.15) is 0 Å². The summed E-state index contributed by atoms with van der Waals surface area (Å²) < 4.78 is 0. The number of aryl methyl sites for hydroxylation is 1. The molecule has 1 aromatic carbocycles. The van der Waals surface area contributed by atoms with Crippen LogP contribution in [0.25, 0.3) is 0 Å². The van der Waals surface area contributed by atoms with E-state index in [4.69, 9.17) is 0 Å². The van der Waals surface area contributed by atoms with Crippen LogP contribution in [-0.2, 0) is 6.42 Å². The Balaban J connectivity index is 2.87. The number of rotatable bonds is 4. The first-order valence-electron chi connectivity index (χ1n) is 5.21. The Morgan fingerprint density at radius 3 is 2.60 bits per heavy atom. The average Bonchev–Trinajstić information content (AvgIpc) is 2.18. The van der Waals surface area contributed by atoms with Crippen molar-refractivity contribution in [1.29, 1.82) is 0 Å². The van der Waals surface area contributed by atoms with Gasteiger partial charge in [-0.05, 0) is 18.1 Å². The van der Waals surface area contributed by atoms with Crippen LogP contribution in [0, 0.1) is 0 Å². The van der Waals surface area contributed by atoms with Gasteiger partial charge >= 0.3 is 0 Å². The summed E-state index contributed by atoms with van der Waals surface area (Å²) in [6.45, 7) is 2.11. The molecule has 0 heterocycles. The highest BCUT2D eigenvalue weighted by Gasteiger charge is 2.09. The van der Waals surface area contributed by atoms with E-state index in [1.165, 1.54) is 0 Å². The second-order valence-electron chi connectivity index (χ2n) is 3.74. The minimum atomic E-state index is -0.0379. The molecule has 0 aliphatic carbocycles. The van der Waals surface area contributed by atoms with Gasteiger partial charge in [-0.25, -0.2) is 5.01 Å². The third-order valence-electron chi connectivity index (χ3n) is 2.11. The van der Waals surface area contributed by atoms with Crippen molar-refractivity contribution in [3.05, 3.63) is 35.4 Å². The topological polar surface area (TPSA) is 32.3 Å². The Bertz CT molecular complexity index is 334. The van der Waals surface area contributed by atoms with Gasteiger partial charge in [0, 0.05) is 19.7 Å². The number of hydrazine groups is 1. The van der Waals surface area contributed by atoms with Crippen LogP contribution in [-0.4, -0.2) is 25.0 Å². The van der Waals surface area contributed by atoms with Gasteiger partial charge in [0.05, 0.1) is 0 Å². The number of amides is 1. The van der Waals surface area contributed by atoms with Crippen molar-refractivity contribution < 1.29 is 4.79 Å². The average molecular weight is 206 g/mol. The van der Waals surface area contributed by atoms with Crippen molar-refractivity contribution in [2.75, 3.05) is 14.1 Å². The van der Waals surface area contributed by atoms with Gasteiger partial charge < -0.3 is 0 Å². The molecule has 3 heteroatoms. The van der Waals surface area contributed by atoms with E-state index in [1.807, 2.05) is 24.3 Å². The van der Waals surface area contributed by atoms with Gasteiger partial charge in [-0.3, -0.25) is 10.2 Å². The molecule has 0 unspecified atom stereocenters. The van der Waals surface area contributed by atoms with Gasteiger partial charge in [0.15, 0.2) is 0 Å². The summed E-state index contributed by atoms with van der Waals surface area (Å²) in [5.41, 5.74) is 4.63. The fraction of sp³-hybridized carbons (Fsp3) is 0.417. The maximum atomic E-state index is 11.8. The van der Waals surface area contributed by atoms with E-state index in [-0.39, 0.29) is 5.91 Å². The second-order valence-corrected chi connectivity index (χ2v) is 3.74. The first kappa shape index (κ1) is 11.7. The Labute approximate surface area is 91.1 Å². The molecule has 15 heavy (non-hydrogen) atoms. The van der Waals surface area contributed by atoms with E-state index < -0.39 is 0 Å². The lowest BCUT2D eigenvalue weighted by atomic mass is 10.0. The molecule has 0 aliphatic heterocycles. The van der Waals surface area contributed by atoms with Crippen LogP contribution in [0.3, 0.4) is 0 Å². The van der Waals surface area contributed by atoms with Crippen molar-refractivity contribution in [1.82, 2.24) is 10.4 Å². The van der Waals surface area contributed by atoms with Gasteiger partial charge in [0.2, 0.25) is 0 Å². The highest BCUT2D eigenvalue weighted by molar-refractivity contribution is 5.95. The molecule has 0 atom stereocenters. The highest BCUT2D eigenvalue weighted by Crippen LogP contribution is 2.10. The maximum Gasteiger partial charge on any atom is 0.265 e. The standard InChI is InChI=1S/C12H18N2O/c1-4-7-10-8-5-6-9-11(10)12(15)13-14(2)3/h5-6,8-9H,4,7H2,1-3H3,(H,13,15). The lowest BCUT2D eigenvalue weighted by Crippen LogP contribution is -2.36. The summed E-state index contributed by atoms with van der Waals surface area (Å²) in [4.78, 5) is 11.8. The molecular weight excluding hydrogens is 188 g/mol. The lowest BCUT2D eigenvalue weighted by Gasteiger charge is -2.13. The van der Waals surface area contributed by atoms with E-state index in [2.05, 4.69) is 12.3 Å². The quantitative estimate of drug-likeness (QED) is 0.762. The molecule has 1 N–H and O–H groups in total.